The first-order valence-electron chi connectivity index (χ1n) is 9.15. The molecule has 1 N–H and O–H groups in total. The SMILES string of the molecule is OCCC1CCc2cc(OCc3ccc4ccccc4c3)ccc2C1.[Al].[H-].[Li+]. The Bertz CT molecular complexity index is 887. The maximum Gasteiger partial charge on any atom is 1.00 e. The van der Waals surface area contributed by atoms with Crippen LogP contribution in [0.4, 0.5) is 0 Å². The number of hydrogen-bond acceptors (Lipinski definition) is 2. The Morgan fingerprint density at radius 2 is 1.78 bits per heavy atom. The zero-order valence-corrected chi connectivity index (χ0v) is 17.2. The van der Waals surface area contributed by atoms with Gasteiger partial charge in [0.1, 0.15) is 12.4 Å². The zero-order chi connectivity index (χ0) is 17.1. The van der Waals surface area contributed by atoms with Crippen molar-refractivity contribution in [3.63, 3.8) is 0 Å². The molecule has 27 heavy (non-hydrogen) atoms. The van der Waals surface area contributed by atoms with Crippen LogP contribution in [0.1, 0.15) is 31.0 Å². The number of hydrogen-bond donors (Lipinski definition) is 1. The third-order valence-electron chi connectivity index (χ3n) is 5.26. The summed E-state index contributed by atoms with van der Waals surface area (Å²) in [5, 5.41) is 11.7. The van der Waals surface area contributed by atoms with Crippen molar-refractivity contribution in [2.24, 2.45) is 5.92 Å². The average molecular weight is 367 g/mol. The van der Waals surface area contributed by atoms with E-state index in [0.717, 1.165) is 25.0 Å². The van der Waals surface area contributed by atoms with Crippen molar-refractivity contribution >= 4 is 28.1 Å². The van der Waals surface area contributed by atoms with Gasteiger partial charge in [-0.3, -0.25) is 0 Å². The van der Waals surface area contributed by atoms with E-state index in [4.69, 9.17) is 9.84 Å². The van der Waals surface area contributed by atoms with Crippen molar-refractivity contribution in [1.29, 1.82) is 0 Å². The summed E-state index contributed by atoms with van der Waals surface area (Å²) in [6, 6.07) is 21.4. The molecule has 0 fully saturated rings. The van der Waals surface area contributed by atoms with E-state index in [1.54, 1.807) is 0 Å². The van der Waals surface area contributed by atoms with Crippen molar-refractivity contribution in [3.8, 4) is 5.75 Å². The Morgan fingerprint density at radius 1 is 0.963 bits per heavy atom. The van der Waals surface area contributed by atoms with Crippen LogP contribution in [0, 0.1) is 5.92 Å². The molecular weight excluding hydrogens is 342 g/mol. The largest absolute Gasteiger partial charge is 1.00 e. The maximum atomic E-state index is 9.13. The first-order valence-corrected chi connectivity index (χ1v) is 9.15. The number of benzene rings is 3. The topological polar surface area (TPSA) is 29.5 Å². The van der Waals surface area contributed by atoms with Gasteiger partial charge in [-0.15, -0.1) is 0 Å². The van der Waals surface area contributed by atoms with Crippen LogP contribution in [0.2, 0.25) is 0 Å². The van der Waals surface area contributed by atoms with Gasteiger partial charge in [0.15, 0.2) is 0 Å². The van der Waals surface area contributed by atoms with E-state index in [0.29, 0.717) is 19.1 Å². The number of fused-ring (bicyclic) bond motifs is 2. The Labute approximate surface area is 185 Å². The number of aliphatic hydroxyl groups excluding tert-OH is 1. The molecule has 0 bridgehead atoms. The molecule has 0 amide bonds. The van der Waals surface area contributed by atoms with E-state index in [9.17, 15) is 0 Å². The quantitative estimate of drug-likeness (QED) is 0.695. The second-order valence-corrected chi connectivity index (χ2v) is 7.02. The van der Waals surface area contributed by atoms with Gasteiger partial charge in [-0.1, -0.05) is 42.5 Å². The Kier molecular flexibility index (Phi) is 8.50. The van der Waals surface area contributed by atoms with Gasteiger partial charge < -0.3 is 11.3 Å². The van der Waals surface area contributed by atoms with E-state index in [1.165, 1.54) is 33.9 Å². The van der Waals surface area contributed by atoms with Crippen LogP contribution in [0.3, 0.4) is 0 Å². The third kappa shape index (κ3) is 5.42. The van der Waals surface area contributed by atoms with Crippen LogP contribution in [-0.2, 0) is 19.4 Å². The van der Waals surface area contributed by atoms with Gasteiger partial charge in [0.05, 0.1) is 0 Å². The summed E-state index contributed by atoms with van der Waals surface area (Å²) in [7, 11) is 0. The van der Waals surface area contributed by atoms with Crippen molar-refractivity contribution in [2.45, 2.75) is 32.3 Å². The zero-order valence-electron chi connectivity index (χ0n) is 17.0. The molecule has 0 aliphatic heterocycles. The van der Waals surface area contributed by atoms with Gasteiger partial charge in [0.2, 0.25) is 0 Å². The van der Waals surface area contributed by atoms with Crippen molar-refractivity contribution in [1.82, 2.24) is 0 Å². The van der Waals surface area contributed by atoms with E-state index in [2.05, 4.69) is 60.7 Å². The smallest absolute Gasteiger partial charge is 1.00 e. The molecule has 3 radical (unpaired) electrons. The number of ether oxygens (including phenoxy) is 1. The van der Waals surface area contributed by atoms with Gasteiger partial charge in [-0.25, -0.2) is 0 Å². The Balaban J connectivity index is 0.00000131. The molecule has 133 valence electrons. The van der Waals surface area contributed by atoms with Crippen molar-refractivity contribution in [2.75, 3.05) is 6.61 Å². The third-order valence-corrected chi connectivity index (χ3v) is 5.26. The number of aliphatic hydroxyl groups is 1. The molecule has 1 aliphatic carbocycles. The van der Waals surface area contributed by atoms with Gasteiger partial charge in [-0.2, -0.15) is 0 Å². The summed E-state index contributed by atoms with van der Waals surface area (Å²) < 4.78 is 6.04. The summed E-state index contributed by atoms with van der Waals surface area (Å²) in [4.78, 5) is 0. The second-order valence-electron chi connectivity index (χ2n) is 7.02. The minimum Gasteiger partial charge on any atom is -1.00 e. The maximum absolute atomic E-state index is 9.13. The summed E-state index contributed by atoms with van der Waals surface area (Å²) >= 11 is 0. The van der Waals surface area contributed by atoms with Crippen molar-refractivity contribution in [3.05, 3.63) is 77.4 Å². The number of aryl methyl sites for hydroxylation is 1. The molecule has 4 rings (SSSR count). The second kappa shape index (κ2) is 10.4. The minimum atomic E-state index is 0. The molecule has 1 unspecified atom stereocenters. The molecule has 4 heteroatoms. The van der Waals surface area contributed by atoms with Crippen LogP contribution in [-0.4, -0.2) is 29.1 Å². The summed E-state index contributed by atoms with van der Waals surface area (Å²) in [6.07, 6.45) is 4.26. The van der Waals surface area contributed by atoms with E-state index < -0.39 is 0 Å². The molecule has 0 aromatic heterocycles. The molecule has 0 saturated carbocycles. The van der Waals surface area contributed by atoms with Gasteiger partial charge in [0, 0.05) is 24.0 Å². The molecular formula is C23H25AlLiO2. The number of rotatable bonds is 5. The molecule has 0 saturated heterocycles. The molecule has 1 atom stereocenters. The van der Waals surface area contributed by atoms with Crippen LogP contribution in [0.25, 0.3) is 10.8 Å². The molecule has 0 spiro atoms. The van der Waals surface area contributed by atoms with E-state index in [1.807, 2.05) is 0 Å². The fourth-order valence-electron chi connectivity index (χ4n) is 3.82. The van der Waals surface area contributed by atoms with Crippen LogP contribution < -0.4 is 23.6 Å². The minimum absolute atomic E-state index is 0. The van der Waals surface area contributed by atoms with Gasteiger partial charge in [-0.05, 0) is 77.3 Å². The predicted octanol–water partition coefficient (Wildman–Crippen LogP) is 1.64. The normalized spacial score (nSPS) is 15.4. The average Bonchev–Trinajstić information content (AvgIpc) is 2.66. The molecule has 3 aromatic rings. The summed E-state index contributed by atoms with van der Waals surface area (Å²) in [6.45, 7) is 0.893. The fraction of sp³-hybridized carbons (Fsp3) is 0.304. The first-order chi connectivity index (χ1) is 12.3. The van der Waals surface area contributed by atoms with E-state index >= 15 is 0 Å². The molecule has 2 nitrogen and oxygen atoms in total. The fourth-order valence-corrected chi connectivity index (χ4v) is 3.82. The van der Waals surface area contributed by atoms with Crippen LogP contribution in [0.5, 0.6) is 5.75 Å². The Hall–Kier alpha value is -1.19. The standard InChI is InChI=1S/C23H24O2.Al.Li.H/c24-12-11-17-5-8-22-15-23(10-9-21(22)13-17)25-16-18-6-7-19-3-1-2-4-20(19)14-18;;;/h1-4,6-7,9-10,14-15,17,24H,5,8,11-13,16H2;;;/q;;+1;-1. The molecule has 0 heterocycles. The summed E-state index contributed by atoms with van der Waals surface area (Å²) in [5.41, 5.74) is 4.02. The van der Waals surface area contributed by atoms with Crippen LogP contribution >= 0.6 is 0 Å². The van der Waals surface area contributed by atoms with Crippen LogP contribution in [0.15, 0.2) is 60.7 Å². The molecule has 1 aliphatic rings. The van der Waals surface area contributed by atoms with Crippen molar-refractivity contribution < 1.29 is 30.1 Å². The van der Waals surface area contributed by atoms with Gasteiger partial charge >= 0.3 is 18.9 Å². The van der Waals surface area contributed by atoms with E-state index in [-0.39, 0.29) is 37.6 Å². The Morgan fingerprint density at radius 3 is 2.59 bits per heavy atom. The monoisotopic (exact) mass is 367 g/mol. The first kappa shape index (κ1) is 22.1. The van der Waals surface area contributed by atoms with Gasteiger partial charge in [0.25, 0.3) is 0 Å². The molecule has 3 aromatic carbocycles. The predicted molar refractivity (Wildman–Crippen MR) is 109 cm³/mol. The summed E-state index contributed by atoms with van der Waals surface area (Å²) in [5.74, 6) is 1.58.